The van der Waals surface area contributed by atoms with Crippen LogP contribution in [0.2, 0.25) is 0 Å². The average Bonchev–Trinajstić information content (AvgIpc) is 3.35. The van der Waals surface area contributed by atoms with Crippen molar-refractivity contribution in [1.29, 1.82) is 0 Å². The number of aryl methyl sites for hydroxylation is 2. The van der Waals surface area contributed by atoms with Crippen molar-refractivity contribution in [2.24, 2.45) is 0 Å². The van der Waals surface area contributed by atoms with Gasteiger partial charge in [-0.15, -0.1) is 0 Å². The van der Waals surface area contributed by atoms with Gasteiger partial charge in [0.15, 0.2) is 5.11 Å². The first-order valence-electron chi connectivity index (χ1n) is 11.8. The van der Waals surface area contributed by atoms with Gasteiger partial charge in [-0.05, 0) is 92.6 Å². The number of pyridine rings is 2. The molecule has 1 aliphatic rings. The molecule has 3 aromatic heterocycles. The smallest absolute Gasteiger partial charge is 0.229 e. The second-order valence-corrected chi connectivity index (χ2v) is 11.4. The van der Waals surface area contributed by atoms with Crippen LogP contribution in [-0.2, 0) is 10.0 Å². The Morgan fingerprint density at radius 1 is 0.973 bits per heavy atom. The summed E-state index contributed by atoms with van der Waals surface area (Å²) in [5.74, 6) is 0.898. The summed E-state index contributed by atoms with van der Waals surface area (Å²) >= 11 is 5.85. The number of hydrogen-bond acceptors (Lipinski definition) is 5. The summed E-state index contributed by atoms with van der Waals surface area (Å²) in [7, 11) is -3.37. The maximum Gasteiger partial charge on any atom is 0.229 e. The van der Waals surface area contributed by atoms with Crippen molar-refractivity contribution in [3.63, 3.8) is 0 Å². The number of aromatic nitrogens is 3. The van der Waals surface area contributed by atoms with Gasteiger partial charge in [0, 0.05) is 35.2 Å². The molecule has 1 fully saturated rings. The van der Waals surface area contributed by atoms with E-state index in [1.807, 2.05) is 42.6 Å². The molecule has 0 unspecified atom stereocenters. The lowest BCUT2D eigenvalue weighted by molar-refractivity contribution is 0.565. The number of anilines is 2. The van der Waals surface area contributed by atoms with E-state index in [1.165, 1.54) is 0 Å². The van der Waals surface area contributed by atoms with Crippen molar-refractivity contribution in [3.8, 4) is 5.82 Å². The zero-order chi connectivity index (χ0) is 26.3. The van der Waals surface area contributed by atoms with Gasteiger partial charge in [0.05, 0.1) is 24.0 Å². The molecule has 37 heavy (non-hydrogen) atoms. The monoisotopic (exact) mass is 532 g/mol. The summed E-state index contributed by atoms with van der Waals surface area (Å²) in [6, 6.07) is 18.9. The lowest BCUT2D eigenvalue weighted by Crippen LogP contribution is -2.29. The molecule has 2 N–H and O–H groups in total. The molecule has 4 heterocycles. The topological polar surface area (TPSA) is 92.2 Å². The van der Waals surface area contributed by atoms with Gasteiger partial charge in [-0.1, -0.05) is 12.1 Å². The third kappa shape index (κ3) is 4.82. The van der Waals surface area contributed by atoms with E-state index in [0.717, 1.165) is 46.0 Å². The molecular formula is C27H28N6O2S2. The van der Waals surface area contributed by atoms with Crippen LogP contribution in [0, 0.1) is 20.8 Å². The number of benzene rings is 1. The van der Waals surface area contributed by atoms with E-state index >= 15 is 0 Å². The zero-order valence-electron chi connectivity index (χ0n) is 21.0. The Hall–Kier alpha value is -3.76. The molecule has 1 saturated heterocycles. The van der Waals surface area contributed by atoms with Gasteiger partial charge in [0.2, 0.25) is 10.0 Å². The van der Waals surface area contributed by atoms with Crippen molar-refractivity contribution in [2.45, 2.75) is 32.9 Å². The highest BCUT2D eigenvalue weighted by atomic mass is 32.2. The fraction of sp³-hybridized carbons (Fsp3) is 0.222. The van der Waals surface area contributed by atoms with Crippen molar-refractivity contribution in [1.82, 2.24) is 19.9 Å². The Labute approximate surface area is 222 Å². The summed E-state index contributed by atoms with van der Waals surface area (Å²) in [6.07, 6.45) is 4.72. The molecule has 0 bridgehead atoms. The number of nitrogens with one attached hydrogen (secondary N) is 2. The second kappa shape index (κ2) is 9.60. The van der Waals surface area contributed by atoms with E-state index in [-0.39, 0.29) is 12.1 Å². The lowest BCUT2D eigenvalue weighted by atomic mass is 9.96. The molecule has 10 heteroatoms. The van der Waals surface area contributed by atoms with Crippen LogP contribution in [0.5, 0.6) is 0 Å². The molecular weight excluding hydrogens is 504 g/mol. The maximum absolute atomic E-state index is 11.7. The van der Waals surface area contributed by atoms with Crippen LogP contribution in [0.15, 0.2) is 73.1 Å². The quantitative estimate of drug-likeness (QED) is 0.347. The highest BCUT2D eigenvalue weighted by Gasteiger charge is 2.42. The van der Waals surface area contributed by atoms with Crippen molar-refractivity contribution in [2.75, 3.05) is 15.9 Å². The van der Waals surface area contributed by atoms with Crippen LogP contribution in [0.3, 0.4) is 0 Å². The van der Waals surface area contributed by atoms with Gasteiger partial charge >= 0.3 is 0 Å². The van der Waals surface area contributed by atoms with E-state index in [0.29, 0.717) is 10.8 Å². The second-order valence-electron chi connectivity index (χ2n) is 9.22. The fourth-order valence-electron chi connectivity index (χ4n) is 4.98. The minimum absolute atomic E-state index is 0.193. The van der Waals surface area contributed by atoms with Crippen molar-refractivity contribution >= 4 is 38.7 Å². The maximum atomic E-state index is 11.7. The predicted octanol–water partition coefficient (Wildman–Crippen LogP) is 4.74. The van der Waals surface area contributed by atoms with Crippen LogP contribution in [0.1, 0.15) is 40.3 Å². The van der Waals surface area contributed by atoms with E-state index in [4.69, 9.17) is 12.2 Å². The van der Waals surface area contributed by atoms with Gasteiger partial charge in [0.1, 0.15) is 5.82 Å². The Bertz CT molecular complexity index is 1570. The number of nitrogens with zero attached hydrogens (tertiary/aromatic N) is 4. The molecule has 2 atom stereocenters. The first-order valence-corrected chi connectivity index (χ1v) is 14.1. The Balaban J connectivity index is 1.64. The van der Waals surface area contributed by atoms with Crippen LogP contribution < -0.4 is 14.9 Å². The minimum atomic E-state index is -3.37. The average molecular weight is 533 g/mol. The molecule has 1 aromatic carbocycles. The molecule has 1 aliphatic heterocycles. The largest absolute Gasteiger partial charge is 0.351 e. The van der Waals surface area contributed by atoms with Gasteiger partial charge in [-0.3, -0.25) is 9.71 Å². The van der Waals surface area contributed by atoms with E-state index in [1.54, 1.807) is 18.3 Å². The molecule has 5 rings (SSSR count). The highest BCUT2D eigenvalue weighted by molar-refractivity contribution is 7.92. The van der Waals surface area contributed by atoms with Gasteiger partial charge in [-0.25, -0.2) is 13.4 Å². The summed E-state index contributed by atoms with van der Waals surface area (Å²) in [6.45, 7) is 6.24. The first-order chi connectivity index (χ1) is 17.6. The van der Waals surface area contributed by atoms with Crippen molar-refractivity contribution in [3.05, 3.63) is 101 Å². The molecule has 0 amide bonds. The summed E-state index contributed by atoms with van der Waals surface area (Å²) < 4.78 is 28.0. The predicted molar refractivity (Wildman–Crippen MR) is 151 cm³/mol. The zero-order valence-corrected chi connectivity index (χ0v) is 22.6. The van der Waals surface area contributed by atoms with Crippen LogP contribution in [0.25, 0.3) is 5.82 Å². The van der Waals surface area contributed by atoms with Crippen LogP contribution in [-0.4, -0.2) is 34.3 Å². The summed E-state index contributed by atoms with van der Waals surface area (Å²) in [4.78, 5) is 11.4. The first kappa shape index (κ1) is 24.9. The van der Waals surface area contributed by atoms with Gasteiger partial charge < -0.3 is 14.8 Å². The Kier molecular flexibility index (Phi) is 6.47. The van der Waals surface area contributed by atoms with E-state index < -0.39 is 10.0 Å². The third-order valence-electron chi connectivity index (χ3n) is 6.53. The highest BCUT2D eigenvalue weighted by Crippen LogP contribution is 2.44. The Morgan fingerprint density at radius 2 is 1.70 bits per heavy atom. The molecule has 0 aliphatic carbocycles. The summed E-state index contributed by atoms with van der Waals surface area (Å²) in [5, 5.41) is 4.06. The van der Waals surface area contributed by atoms with Gasteiger partial charge in [-0.2, -0.15) is 0 Å². The van der Waals surface area contributed by atoms with Crippen molar-refractivity contribution < 1.29 is 8.42 Å². The van der Waals surface area contributed by atoms with Crippen LogP contribution >= 0.6 is 12.2 Å². The molecule has 0 saturated carbocycles. The number of sulfonamides is 1. The Morgan fingerprint density at radius 3 is 2.35 bits per heavy atom. The number of hydrogen-bond donors (Lipinski definition) is 2. The number of thiocarbonyl (C=S) groups is 1. The molecule has 0 spiro atoms. The normalized spacial score (nSPS) is 17.6. The van der Waals surface area contributed by atoms with E-state index in [9.17, 15) is 8.42 Å². The minimum Gasteiger partial charge on any atom is -0.351 e. The van der Waals surface area contributed by atoms with E-state index in [2.05, 4.69) is 62.4 Å². The third-order valence-corrected chi connectivity index (χ3v) is 7.45. The standard InChI is InChI=1S/C27H28N6O2S2/c1-17-8-7-15-29-26(17)32-18(2)16-22(19(32)3)25-24(23-9-5-6-14-28-23)30-27(36)33(25)21-12-10-20(11-13-21)31-37(4,34)35/h5-16,24-25,31H,1-4H3,(H,30,36)/t24-,25-/m0/s1. The molecule has 0 radical (unpaired) electrons. The lowest BCUT2D eigenvalue weighted by Gasteiger charge is -2.28. The van der Waals surface area contributed by atoms with Gasteiger partial charge in [0.25, 0.3) is 0 Å². The number of rotatable bonds is 6. The molecule has 4 aromatic rings. The SMILES string of the molecule is Cc1cccnc1-n1c(C)cc([C@H]2[C@H](c3ccccn3)NC(=S)N2c2ccc(NS(C)(=O)=O)cc2)c1C. The summed E-state index contributed by atoms with van der Waals surface area (Å²) in [5.41, 5.74) is 6.54. The fourth-order valence-corrected chi connectivity index (χ4v) is 5.89. The molecule has 190 valence electrons. The van der Waals surface area contributed by atoms with Crippen LogP contribution in [0.4, 0.5) is 11.4 Å². The molecule has 8 nitrogen and oxygen atoms in total.